The number of carboxylic acid groups (broad SMARTS) is 1. The number of nitrogens with one attached hydrogen (secondary N) is 1. The molecular formula is C13H18N2O4S2. The number of amides is 1. The zero-order valence-corrected chi connectivity index (χ0v) is 13.2. The van der Waals surface area contributed by atoms with E-state index >= 15 is 0 Å². The summed E-state index contributed by atoms with van der Waals surface area (Å²) in [6, 6.07) is 0. The van der Waals surface area contributed by atoms with Crippen molar-refractivity contribution in [1.82, 2.24) is 10.2 Å². The number of carbonyl (C=O) groups is 2. The van der Waals surface area contributed by atoms with Crippen molar-refractivity contribution >= 4 is 35.4 Å². The Morgan fingerprint density at radius 2 is 2.14 bits per heavy atom. The van der Waals surface area contributed by atoms with Gasteiger partial charge in [-0.3, -0.25) is 9.69 Å². The van der Waals surface area contributed by atoms with Crippen LogP contribution in [0.3, 0.4) is 0 Å². The van der Waals surface area contributed by atoms with Gasteiger partial charge in [-0.25, -0.2) is 4.79 Å². The maximum absolute atomic E-state index is 12.1. The van der Waals surface area contributed by atoms with Crippen LogP contribution >= 0.6 is 23.5 Å². The number of aliphatic hydroxyl groups is 1. The van der Waals surface area contributed by atoms with Crippen molar-refractivity contribution in [2.45, 2.75) is 36.5 Å². The van der Waals surface area contributed by atoms with Gasteiger partial charge in [-0.05, 0) is 32.9 Å². The molecule has 2 fully saturated rings. The molecule has 0 unspecified atom stereocenters. The first-order chi connectivity index (χ1) is 10.0. The van der Waals surface area contributed by atoms with Crippen LogP contribution in [0, 0.1) is 5.92 Å². The number of aliphatic carboxylic acids is 1. The summed E-state index contributed by atoms with van der Waals surface area (Å²) in [6.07, 6.45) is 1.25. The molecule has 8 heteroatoms. The number of nitrogens with zero attached hydrogens (tertiary/aromatic N) is 1. The van der Waals surface area contributed by atoms with Crippen molar-refractivity contribution < 1.29 is 19.8 Å². The second-order valence-corrected chi connectivity index (χ2v) is 8.19. The molecule has 0 aromatic heterocycles. The topological polar surface area (TPSA) is 89.9 Å². The minimum absolute atomic E-state index is 0.107. The molecule has 3 aliphatic rings. The first-order valence-electron chi connectivity index (χ1n) is 7.03. The predicted octanol–water partition coefficient (Wildman–Crippen LogP) is 0.637. The number of thioether (sulfide) groups is 2. The van der Waals surface area contributed by atoms with Crippen LogP contribution in [0.25, 0.3) is 0 Å². The van der Waals surface area contributed by atoms with Gasteiger partial charge in [-0.2, -0.15) is 0 Å². The van der Waals surface area contributed by atoms with Gasteiger partial charge in [-0.15, -0.1) is 11.8 Å². The van der Waals surface area contributed by atoms with E-state index in [1.807, 2.05) is 0 Å². The molecule has 0 aromatic carbocycles. The zero-order chi connectivity index (χ0) is 15.1. The van der Waals surface area contributed by atoms with Crippen LogP contribution in [-0.2, 0) is 9.59 Å². The fourth-order valence-electron chi connectivity index (χ4n) is 2.90. The molecule has 0 spiro atoms. The highest BCUT2D eigenvalue weighted by Crippen LogP contribution is 2.54. The van der Waals surface area contributed by atoms with Gasteiger partial charge in [0.2, 0.25) is 5.91 Å². The van der Waals surface area contributed by atoms with E-state index in [4.69, 9.17) is 0 Å². The van der Waals surface area contributed by atoms with Gasteiger partial charge in [0, 0.05) is 5.25 Å². The molecule has 3 heterocycles. The molecule has 3 N–H and O–H groups in total. The van der Waals surface area contributed by atoms with Gasteiger partial charge in [0.1, 0.15) is 5.37 Å². The summed E-state index contributed by atoms with van der Waals surface area (Å²) >= 11 is 2.99. The van der Waals surface area contributed by atoms with Crippen molar-refractivity contribution in [2.75, 3.05) is 13.1 Å². The molecular weight excluding hydrogens is 312 g/mol. The Morgan fingerprint density at radius 3 is 2.71 bits per heavy atom. The van der Waals surface area contributed by atoms with E-state index in [1.54, 1.807) is 18.7 Å². The van der Waals surface area contributed by atoms with Gasteiger partial charge in [-0.1, -0.05) is 11.8 Å². The lowest BCUT2D eigenvalue weighted by molar-refractivity contribution is -0.156. The number of hydrogen-bond donors (Lipinski definition) is 3. The third-order valence-electron chi connectivity index (χ3n) is 4.03. The standard InChI is InChI=1S/C13H18N2O4S2/c1-6(16)8-10(17)15-9(12(18)19)13(21-11(8)15)20-7-2-4-14-5-3-7/h6-8,11,14,16H,2-5H2,1H3,(H,18,19)/t6-,8+,11-/m1/s1. The highest BCUT2D eigenvalue weighted by molar-refractivity contribution is 8.23. The summed E-state index contributed by atoms with van der Waals surface area (Å²) in [5, 5.41) is 22.5. The normalized spacial score (nSPS) is 31.1. The largest absolute Gasteiger partial charge is 0.477 e. The maximum atomic E-state index is 12.1. The van der Waals surface area contributed by atoms with Crippen molar-refractivity contribution in [3.8, 4) is 0 Å². The van der Waals surface area contributed by atoms with Crippen LogP contribution in [0.1, 0.15) is 19.8 Å². The summed E-state index contributed by atoms with van der Waals surface area (Å²) in [5.41, 5.74) is 0.107. The monoisotopic (exact) mass is 330 g/mol. The summed E-state index contributed by atoms with van der Waals surface area (Å²) in [7, 11) is 0. The number of hydrogen-bond acceptors (Lipinski definition) is 6. The van der Waals surface area contributed by atoms with E-state index in [2.05, 4.69) is 5.32 Å². The third kappa shape index (κ3) is 2.58. The Hall–Kier alpha value is -0.700. The molecule has 2 saturated heterocycles. The Morgan fingerprint density at radius 1 is 1.48 bits per heavy atom. The number of aliphatic hydroxyl groups excluding tert-OH is 1. The number of carbonyl (C=O) groups excluding carboxylic acids is 1. The molecule has 6 nitrogen and oxygen atoms in total. The average molecular weight is 330 g/mol. The molecule has 3 aliphatic heterocycles. The van der Waals surface area contributed by atoms with E-state index in [9.17, 15) is 19.8 Å². The number of fused-ring (bicyclic) bond motifs is 1. The van der Waals surface area contributed by atoms with E-state index in [0.717, 1.165) is 30.2 Å². The van der Waals surface area contributed by atoms with E-state index in [1.165, 1.54) is 16.7 Å². The number of carboxylic acids is 1. The van der Waals surface area contributed by atoms with Crippen molar-refractivity contribution in [3.05, 3.63) is 9.93 Å². The molecule has 0 aromatic rings. The van der Waals surface area contributed by atoms with Crippen LogP contribution in [0.2, 0.25) is 0 Å². The molecule has 116 valence electrons. The van der Waals surface area contributed by atoms with Gasteiger partial charge in [0.15, 0.2) is 5.70 Å². The second kappa shape index (κ2) is 5.83. The first-order valence-corrected chi connectivity index (χ1v) is 8.79. The Balaban J connectivity index is 1.79. The van der Waals surface area contributed by atoms with Crippen molar-refractivity contribution in [3.63, 3.8) is 0 Å². The van der Waals surface area contributed by atoms with Crippen molar-refractivity contribution in [1.29, 1.82) is 0 Å². The molecule has 3 atom stereocenters. The van der Waals surface area contributed by atoms with Crippen LogP contribution < -0.4 is 5.32 Å². The van der Waals surface area contributed by atoms with Gasteiger partial charge >= 0.3 is 5.97 Å². The smallest absolute Gasteiger partial charge is 0.354 e. The van der Waals surface area contributed by atoms with E-state index < -0.39 is 18.0 Å². The number of rotatable bonds is 4. The summed E-state index contributed by atoms with van der Waals surface area (Å²) in [5.74, 6) is -1.82. The van der Waals surface area contributed by atoms with Crippen molar-refractivity contribution in [2.24, 2.45) is 5.92 Å². The Kier molecular flexibility index (Phi) is 4.22. The fraction of sp³-hybridized carbons (Fsp3) is 0.692. The molecule has 0 bridgehead atoms. The molecule has 0 saturated carbocycles. The zero-order valence-electron chi connectivity index (χ0n) is 11.6. The summed E-state index contributed by atoms with van der Waals surface area (Å²) in [6.45, 7) is 3.47. The quantitative estimate of drug-likeness (QED) is 0.652. The minimum Gasteiger partial charge on any atom is -0.477 e. The molecule has 3 rings (SSSR count). The SMILES string of the molecule is C[C@@H](O)[C@H]1C(=O)N2C(C(=O)O)=C(SC3CCNCC3)S[C@H]12. The lowest BCUT2D eigenvalue weighted by Gasteiger charge is -2.43. The summed E-state index contributed by atoms with van der Waals surface area (Å²) in [4.78, 5) is 24.9. The van der Waals surface area contributed by atoms with Gasteiger partial charge in [0.05, 0.1) is 16.3 Å². The number of β-lactam (4-membered cyclic amide) rings is 1. The summed E-state index contributed by atoms with van der Waals surface area (Å²) < 4.78 is 0.718. The Labute approximate surface area is 131 Å². The third-order valence-corrected chi connectivity index (χ3v) is 6.97. The Bertz CT molecular complexity index is 502. The van der Waals surface area contributed by atoms with Gasteiger partial charge in [0.25, 0.3) is 0 Å². The highest BCUT2D eigenvalue weighted by atomic mass is 32.2. The maximum Gasteiger partial charge on any atom is 0.354 e. The van der Waals surface area contributed by atoms with Crippen LogP contribution in [0.5, 0.6) is 0 Å². The lowest BCUT2D eigenvalue weighted by Crippen LogP contribution is -2.60. The van der Waals surface area contributed by atoms with Crippen LogP contribution in [-0.4, -0.2) is 56.8 Å². The van der Waals surface area contributed by atoms with Gasteiger partial charge < -0.3 is 15.5 Å². The van der Waals surface area contributed by atoms with E-state index in [-0.39, 0.29) is 17.0 Å². The average Bonchev–Trinajstić information content (AvgIpc) is 2.74. The van der Waals surface area contributed by atoms with Crippen LogP contribution in [0.4, 0.5) is 0 Å². The molecule has 0 aliphatic carbocycles. The first kappa shape index (κ1) is 15.2. The molecule has 21 heavy (non-hydrogen) atoms. The molecule has 1 amide bonds. The fourth-order valence-corrected chi connectivity index (χ4v) is 6.22. The highest BCUT2D eigenvalue weighted by Gasteiger charge is 2.57. The minimum atomic E-state index is -1.06. The number of piperidine rings is 1. The second-order valence-electron chi connectivity index (χ2n) is 5.49. The lowest BCUT2D eigenvalue weighted by atomic mass is 9.92. The predicted molar refractivity (Wildman–Crippen MR) is 81.5 cm³/mol. The van der Waals surface area contributed by atoms with Crippen LogP contribution in [0.15, 0.2) is 9.93 Å². The van der Waals surface area contributed by atoms with E-state index in [0.29, 0.717) is 5.25 Å². The molecule has 0 radical (unpaired) electrons.